The topological polar surface area (TPSA) is 75.4 Å². The molecule has 0 atom stereocenters. The highest BCUT2D eigenvalue weighted by molar-refractivity contribution is 9.10. The van der Waals surface area contributed by atoms with Gasteiger partial charge in [-0.1, -0.05) is 42.5 Å². The maximum atomic E-state index is 12.5. The van der Waals surface area contributed by atoms with Crippen LogP contribution >= 0.6 is 15.9 Å². The maximum Gasteiger partial charge on any atom is 0.254 e. The first-order valence-corrected chi connectivity index (χ1v) is 9.43. The van der Waals surface area contributed by atoms with Crippen LogP contribution in [0.15, 0.2) is 71.5 Å². The summed E-state index contributed by atoms with van der Waals surface area (Å²) in [5.41, 5.74) is 2.47. The number of amides is 1. The number of benzene rings is 2. The minimum absolute atomic E-state index is 0.138. The highest BCUT2D eigenvalue weighted by Gasteiger charge is 2.15. The van der Waals surface area contributed by atoms with Gasteiger partial charge in [-0.05, 0) is 28.1 Å². The Balaban J connectivity index is 1.61. The fourth-order valence-corrected chi connectivity index (χ4v) is 3.26. The fraction of sp³-hybridized carbons (Fsp3) is 0.100. The van der Waals surface area contributed by atoms with E-state index >= 15 is 0 Å². The van der Waals surface area contributed by atoms with Gasteiger partial charge in [0.05, 0.1) is 17.9 Å². The molecule has 140 valence electrons. The Morgan fingerprint density at radius 1 is 1.14 bits per heavy atom. The molecule has 8 heteroatoms. The van der Waals surface area contributed by atoms with Crippen LogP contribution in [0.2, 0.25) is 0 Å². The Labute approximate surface area is 170 Å². The molecule has 1 amide bonds. The first-order valence-electron chi connectivity index (χ1n) is 8.63. The predicted molar refractivity (Wildman–Crippen MR) is 112 cm³/mol. The zero-order chi connectivity index (χ0) is 19.5. The molecule has 0 unspecified atom stereocenters. The third kappa shape index (κ3) is 3.72. The summed E-state index contributed by atoms with van der Waals surface area (Å²) in [6.07, 6.45) is 1.45. The quantitative estimate of drug-likeness (QED) is 0.516. The summed E-state index contributed by atoms with van der Waals surface area (Å²) in [5.74, 6) is 1.07. The van der Waals surface area contributed by atoms with Crippen LogP contribution in [-0.2, 0) is 4.79 Å². The summed E-state index contributed by atoms with van der Waals surface area (Å²) in [6.45, 7) is 0.147. The first-order chi connectivity index (χ1) is 13.6. The van der Waals surface area contributed by atoms with Crippen molar-refractivity contribution >= 4 is 39.1 Å². The molecule has 0 saturated heterocycles. The lowest BCUT2D eigenvalue weighted by molar-refractivity contribution is -0.114. The molecule has 0 bridgehead atoms. The van der Waals surface area contributed by atoms with E-state index in [9.17, 15) is 4.79 Å². The number of rotatable bonds is 5. The highest BCUT2D eigenvalue weighted by atomic mass is 79.9. The Hall–Kier alpha value is -3.26. The van der Waals surface area contributed by atoms with E-state index in [1.807, 2.05) is 72.6 Å². The van der Waals surface area contributed by atoms with Crippen molar-refractivity contribution in [3.8, 4) is 11.3 Å². The van der Waals surface area contributed by atoms with Crippen LogP contribution in [0, 0.1) is 0 Å². The second kappa shape index (κ2) is 7.77. The van der Waals surface area contributed by atoms with Gasteiger partial charge in [-0.25, -0.2) is 4.98 Å². The van der Waals surface area contributed by atoms with Crippen LogP contribution in [0.25, 0.3) is 17.0 Å². The molecule has 0 radical (unpaired) electrons. The summed E-state index contributed by atoms with van der Waals surface area (Å²) in [4.78, 5) is 23.1. The van der Waals surface area contributed by atoms with Crippen molar-refractivity contribution in [3.05, 3.63) is 71.5 Å². The van der Waals surface area contributed by atoms with Crippen molar-refractivity contribution in [2.45, 2.75) is 0 Å². The van der Waals surface area contributed by atoms with Crippen molar-refractivity contribution in [1.29, 1.82) is 0 Å². The summed E-state index contributed by atoms with van der Waals surface area (Å²) in [7, 11) is 1.84. The monoisotopic (exact) mass is 436 g/mol. The first kappa shape index (κ1) is 18.1. The van der Waals surface area contributed by atoms with E-state index in [1.165, 1.54) is 6.33 Å². The van der Waals surface area contributed by atoms with E-state index in [4.69, 9.17) is 0 Å². The van der Waals surface area contributed by atoms with Gasteiger partial charge in [-0.15, -0.1) is 0 Å². The molecule has 4 aromatic rings. The van der Waals surface area contributed by atoms with Crippen LogP contribution in [0.3, 0.4) is 0 Å². The van der Waals surface area contributed by atoms with Crippen molar-refractivity contribution in [2.75, 3.05) is 23.8 Å². The largest absolute Gasteiger partial charge is 0.350 e. The van der Waals surface area contributed by atoms with Crippen molar-refractivity contribution in [2.24, 2.45) is 0 Å². The molecule has 2 aromatic heterocycles. The van der Waals surface area contributed by atoms with Crippen LogP contribution in [-0.4, -0.2) is 39.1 Å². The van der Waals surface area contributed by atoms with E-state index in [0.717, 1.165) is 27.2 Å². The molecular formula is C20H17BrN6O. The summed E-state index contributed by atoms with van der Waals surface area (Å²) in [5, 5.41) is 7.15. The molecule has 2 heterocycles. The molecule has 7 nitrogen and oxygen atoms in total. The number of nitrogens with one attached hydrogen (secondary N) is 1. The third-order valence-corrected chi connectivity index (χ3v) is 4.91. The molecule has 1 N–H and O–H groups in total. The number of hydrogen-bond donors (Lipinski definition) is 1. The van der Waals surface area contributed by atoms with Gasteiger partial charge in [0.1, 0.15) is 12.1 Å². The molecule has 4 rings (SSSR count). The number of fused-ring (bicyclic) bond motifs is 1. The number of carbonyl (C=O) groups excluding carboxylic acids is 1. The van der Waals surface area contributed by atoms with Crippen LogP contribution < -0.4 is 10.2 Å². The van der Waals surface area contributed by atoms with E-state index in [2.05, 4.69) is 36.3 Å². The van der Waals surface area contributed by atoms with Crippen LogP contribution in [0.1, 0.15) is 0 Å². The van der Waals surface area contributed by atoms with Crippen molar-refractivity contribution < 1.29 is 4.79 Å². The van der Waals surface area contributed by atoms with Gasteiger partial charge in [-0.3, -0.25) is 4.79 Å². The number of likely N-dealkylation sites (N-methyl/N-ethyl adjacent to an activating group) is 1. The van der Waals surface area contributed by atoms with Crippen LogP contribution in [0.4, 0.5) is 11.5 Å². The van der Waals surface area contributed by atoms with Gasteiger partial charge < -0.3 is 10.2 Å². The SMILES string of the molecule is CN(CC(=O)Nc1ccccc1Br)c1cc(-c2ccccc2)nc2ncnn12. The highest BCUT2D eigenvalue weighted by Crippen LogP contribution is 2.24. The maximum absolute atomic E-state index is 12.5. The molecule has 28 heavy (non-hydrogen) atoms. The Bertz CT molecular complexity index is 1130. The molecule has 2 aromatic carbocycles. The van der Waals surface area contributed by atoms with Gasteiger partial charge in [0.25, 0.3) is 5.78 Å². The van der Waals surface area contributed by atoms with Crippen molar-refractivity contribution in [3.63, 3.8) is 0 Å². The van der Waals surface area contributed by atoms with Gasteiger partial charge in [-0.2, -0.15) is 14.6 Å². The molecule has 0 saturated carbocycles. The Kier molecular flexibility index (Phi) is 5.03. The number of anilines is 2. The summed E-state index contributed by atoms with van der Waals surface area (Å²) < 4.78 is 2.46. The van der Waals surface area contributed by atoms with E-state index < -0.39 is 0 Å². The molecular weight excluding hydrogens is 420 g/mol. The van der Waals surface area contributed by atoms with E-state index in [1.54, 1.807) is 4.52 Å². The van der Waals surface area contributed by atoms with Gasteiger partial charge in [0.15, 0.2) is 0 Å². The summed E-state index contributed by atoms with van der Waals surface area (Å²) in [6, 6.07) is 19.2. The predicted octanol–water partition coefficient (Wildman–Crippen LogP) is 3.63. The van der Waals surface area contributed by atoms with Crippen molar-refractivity contribution in [1.82, 2.24) is 19.6 Å². The number of aromatic nitrogens is 4. The second-order valence-corrected chi connectivity index (χ2v) is 7.08. The lowest BCUT2D eigenvalue weighted by atomic mass is 10.1. The minimum atomic E-state index is -0.138. The number of hydrogen-bond acceptors (Lipinski definition) is 5. The van der Waals surface area contributed by atoms with Gasteiger partial charge >= 0.3 is 0 Å². The lowest BCUT2D eigenvalue weighted by Crippen LogP contribution is -2.31. The second-order valence-electron chi connectivity index (χ2n) is 6.22. The standard InChI is InChI=1S/C20H17BrN6O/c1-26(12-18(28)24-16-10-6-5-9-15(16)21)19-11-17(14-7-3-2-4-8-14)25-20-22-13-23-27(19)20/h2-11,13H,12H2,1H3,(H,24,28). The number of nitrogens with zero attached hydrogens (tertiary/aromatic N) is 5. The average Bonchev–Trinajstić information content (AvgIpc) is 3.18. The third-order valence-electron chi connectivity index (χ3n) is 4.22. The number of para-hydroxylation sites is 1. The summed E-state index contributed by atoms with van der Waals surface area (Å²) >= 11 is 3.44. The van der Waals surface area contributed by atoms with Gasteiger partial charge in [0.2, 0.25) is 5.91 Å². The normalized spacial score (nSPS) is 10.8. The smallest absolute Gasteiger partial charge is 0.254 e. The van der Waals surface area contributed by atoms with Crippen LogP contribution in [0.5, 0.6) is 0 Å². The molecule has 0 aliphatic carbocycles. The van der Waals surface area contributed by atoms with E-state index in [0.29, 0.717) is 5.78 Å². The van der Waals surface area contributed by atoms with E-state index in [-0.39, 0.29) is 12.5 Å². The fourth-order valence-electron chi connectivity index (χ4n) is 2.87. The molecule has 0 fully saturated rings. The Morgan fingerprint density at radius 3 is 2.68 bits per heavy atom. The average molecular weight is 437 g/mol. The number of carbonyl (C=O) groups is 1. The van der Waals surface area contributed by atoms with Gasteiger partial charge in [0, 0.05) is 23.2 Å². The zero-order valence-corrected chi connectivity index (χ0v) is 16.7. The molecule has 0 aliphatic rings. The number of halogens is 1. The molecule has 0 aliphatic heterocycles. The zero-order valence-electron chi connectivity index (χ0n) is 15.1. The minimum Gasteiger partial charge on any atom is -0.350 e. The molecule has 0 spiro atoms. The Morgan fingerprint density at radius 2 is 1.89 bits per heavy atom. The lowest BCUT2D eigenvalue weighted by Gasteiger charge is -2.20.